The van der Waals surface area contributed by atoms with Crippen molar-refractivity contribution in [3.8, 4) is 0 Å². The molecule has 0 aromatic heterocycles. The largest absolute Gasteiger partial charge is 0.393 e. The molecule has 1 saturated carbocycles. The zero-order valence-corrected chi connectivity index (χ0v) is 12.4. The second-order valence-corrected chi connectivity index (χ2v) is 6.11. The average Bonchev–Trinajstić information content (AvgIpc) is 2.89. The van der Waals surface area contributed by atoms with E-state index in [0.717, 1.165) is 31.2 Å². The van der Waals surface area contributed by atoms with Crippen molar-refractivity contribution in [2.45, 2.75) is 63.5 Å². The van der Waals surface area contributed by atoms with Crippen LogP contribution < -0.4 is 5.32 Å². The predicted octanol–water partition coefficient (Wildman–Crippen LogP) is 2.77. The highest BCUT2D eigenvalue weighted by molar-refractivity contribution is 5.88. The van der Waals surface area contributed by atoms with Gasteiger partial charge in [0.15, 0.2) is 0 Å². The van der Waals surface area contributed by atoms with Crippen molar-refractivity contribution in [3.63, 3.8) is 0 Å². The van der Waals surface area contributed by atoms with Gasteiger partial charge < -0.3 is 10.4 Å². The van der Waals surface area contributed by atoms with E-state index in [9.17, 15) is 9.90 Å². The first-order valence-corrected chi connectivity index (χ1v) is 7.59. The lowest BCUT2D eigenvalue weighted by molar-refractivity contribution is -0.127. The Hall–Kier alpha value is -1.35. The molecular formula is C17H25NO2. The van der Waals surface area contributed by atoms with Crippen LogP contribution >= 0.6 is 0 Å². The molecule has 0 radical (unpaired) electrons. The molecule has 1 aliphatic rings. The van der Waals surface area contributed by atoms with Gasteiger partial charge in [0, 0.05) is 6.04 Å². The number of aliphatic hydroxyl groups excluding tert-OH is 1. The van der Waals surface area contributed by atoms with Gasteiger partial charge in [-0.3, -0.25) is 4.79 Å². The first kappa shape index (κ1) is 15.0. The highest BCUT2D eigenvalue weighted by Gasteiger charge is 2.42. The number of hydrogen-bond donors (Lipinski definition) is 2. The van der Waals surface area contributed by atoms with Crippen molar-refractivity contribution in [2.75, 3.05) is 0 Å². The van der Waals surface area contributed by atoms with Crippen LogP contribution in [0.2, 0.25) is 0 Å². The molecular weight excluding hydrogens is 250 g/mol. The van der Waals surface area contributed by atoms with Crippen LogP contribution in [0.3, 0.4) is 0 Å². The third-order valence-electron chi connectivity index (χ3n) is 4.29. The number of nitrogens with one attached hydrogen (secondary N) is 1. The maximum Gasteiger partial charge on any atom is 0.230 e. The Kier molecular flexibility index (Phi) is 4.81. The molecule has 2 atom stereocenters. The number of amides is 1. The van der Waals surface area contributed by atoms with Crippen LogP contribution in [0.1, 0.15) is 51.5 Å². The lowest BCUT2D eigenvalue weighted by atomic mass is 9.78. The number of rotatable bonds is 5. The molecule has 0 saturated heterocycles. The Bertz CT molecular complexity index is 436. The maximum absolute atomic E-state index is 12.8. The van der Waals surface area contributed by atoms with Crippen LogP contribution in [-0.4, -0.2) is 23.2 Å². The quantitative estimate of drug-likeness (QED) is 0.868. The molecule has 0 spiro atoms. The van der Waals surface area contributed by atoms with Gasteiger partial charge in [-0.25, -0.2) is 0 Å². The highest BCUT2D eigenvalue weighted by atomic mass is 16.3. The van der Waals surface area contributed by atoms with Gasteiger partial charge in [0.2, 0.25) is 5.91 Å². The van der Waals surface area contributed by atoms with Gasteiger partial charge in [-0.1, -0.05) is 43.2 Å². The van der Waals surface area contributed by atoms with Crippen molar-refractivity contribution >= 4 is 5.91 Å². The number of benzene rings is 1. The molecule has 3 heteroatoms. The molecule has 3 nitrogen and oxygen atoms in total. The minimum Gasteiger partial charge on any atom is -0.393 e. The fourth-order valence-corrected chi connectivity index (χ4v) is 3.32. The van der Waals surface area contributed by atoms with Gasteiger partial charge in [-0.2, -0.15) is 0 Å². The van der Waals surface area contributed by atoms with E-state index < -0.39 is 0 Å². The maximum atomic E-state index is 12.8. The van der Waals surface area contributed by atoms with Gasteiger partial charge in [0.1, 0.15) is 0 Å². The van der Waals surface area contributed by atoms with Gasteiger partial charge in [0.25, 0.3) is 0 Å². The van der Waals surface area contributed by atoms with Gasteiger partial charge in [0.05, 0.1) is 11.5 Å². The second kappa shape index (κ2) is 6.40. The summed E-state index contributed by atoms with van der Waals surface area (Å²) in [7, 11) is 0. The molecule has 110 valence electrons. The van der Waals surface area contributed by atoms with E-state index in [0.29, 0.717) is 6.42 Å². The predicted molar refractivity (Wildman–Crippen MR) is 80.5 cm³/mol. The first-order valence-electron chi connectivity index (χ1n) is 7.59. The summed E-state index contributed by atoms with van der Waals surface area (Å²) in [6.07, 6.45) is 4.26. The van der Waals surface area contributed by atoms with E-state index in [1.165, 1.54) is 0 Å². The molecule has 2 unspecified atom stereocenters. The Labute approximate surface area is 121 Å². The highest BCUT2D eigenvalue weighted by Crippen LogP contribution is 2.41. The summed E-state index contributed by atoms with van der Waals surface area (Å²) in [5.74, 6) is 0.120. The van der Waals surface area contributed by atoms with E-state index in [2.05, 4.69) is 17.4 Å². The normalized spacial score (nSPS) is 20.4. The van der Waals surface area contributed by atoms with Crippen LogP contribution in [0.15, 0.2) is 30.3 Å². The molecule has 1 aromatic carbocycles. The van der Waals surface area contributed by atoms with Gasteiger partial charge in [-0.05, 0) is 38.7 Å². The summed E-state index contributed by atoms with van der Waals surface area (Å²) in [5.41, 5.74) is 0.757. The topological polar surface area (TPSA) is 49.3 Å². The third-order valence-corrected chi connectivity index (χ3v) is 4.29. The number of carbonyl (C=O) groups is 1. The summed E-state index contributed by atoms with van der Waals surface area (Å²) >= 11 is 0. The Morgan fingerprint density at radius 2 is 1.85 bits per heavy atom. The summed E-state index contributed by atoms with van der Waals surface area (Å²) in [4.78, 5) is 12.8. The van der Waals surface area contributed by atoms with E-state index in [4.69, 9.17) is 0 Å². The van der Waals surface area contributed by atoms with Crippen LogP contribution in [0, 0.1) is 0 Å². The van der Waals surface area contributed by atoms with E-state index >= 15 is 0 Å². The molecule has 1 fully saturated rings. The summed E-state index contributed by atoms with van der Waals surface area (Å²) in [6, 6.07) is 10.1. The minimum atomic E-state index is -0.387. The zero-order valence-electron chi connectivity index (χ0n) is 12.4. The van der Waals surface area contributed by atoms with Crippen LogP contribution in [0.25, 0.3) is 0 Å². The summed E-state index contributed by atoms with van der Waals surface area (Å²) in [6.45, 7) is 3.71. The average molecular weight is 275 g/mol. The van der Waals surface area contributed by atoms with E-state index in [1.54, 1.807) is 6.92 Å². The van der Waals surface area contributed by atoms with E-state index in [-0.39, 0.29) is 23.5 Å². The fourth-order valence-electron chi connectivity index (χ4n) is 3.32. The van der Waals surface area contributed by atoms with Crippen LogP contribution in [0.4, 0.5) is 0 Å². The molecule has 2 N–H and O–H groups in total. The van der Waals surface area contributed by atoms with E-state index in [1.807, 2.05) is 25.1 Å². The van der Waals surface area contributed by atoms with Crippen molar-refractivity contribution in [1.29, 1.82) is 0 Å². The first-order chi connectivity index (χ1) is 9.54. The lowest BCUT2D eigenvalue weighted by Crippen LogP contribution is -2.46. The minimum absolute atomic E-state index is 0.00341. The molecule has 1 aliphatic carbocycles. The Balaban J connectivity index is 2.15. The lowest BCUT2D eigenvalue weighted by Gasteiger charge is -2.30. The van der Waals surface area contributed by atoms with Crippen molar-refractivity contribution in [1.82, 2.24) is 5.32 Å². The van der Waals surface area contributed by atoms with Gasteiger partial charge >= 0.3 is 0 Å². The second-order valence-electron chi connectivity index (χ2n) is 6.11. The van der Waals surface area contributed by atoms with Crippen LogP contribution in [-0.2, 0) is 10.2 Å². The molecule has 1 amide bonds. The summed E-state index contributed by atoms with van der Waals surface area (Å²) < 4.78 is 0. The molecule has 20 heavy (non-hydrogen) atoms. The molecule has 0 heterocycles. The fraction of sp³-hybridized carbons (Fsp3) is 0.588. The third kappa shape index (κ3) is 3.21. The zero-order chi connectivity index (χ0) is 14.6. The smallest absolute Gasteiger partial charge is 0.230 e. The molecule has 2 rings (SSSR count). The Morgan fingerprint density at radius 3 is 2.40 bits per heavy atom. The number of aliphatic hydroxyl groups is 1. The molecule has 0 bridgehead atoms. The SMILES string of the molecule is CC(O)CC(C)NC(=O)C1(c2ccccc2)CCCC1. The van der Waals surface area contributed by atoms with Crippen molar-refractivity contribution < 1.29 is 9.90 Å². The van der Waals surface area contributed by atoms with Crippen molar-refractivity contribution in [2.24, 2.45) is 0 Å². The Morgan fingerprint density at radius 1 is 1.25 bits per heavy atom. The molecule has 1 aromatic rings. The van der Waals surface area contributed by atoms with Crippen LogP contribution in [0.5, 0.6) is 0 Å². The summed E-state index contributed by atoms with van der Waals surface area (Å²) in [5, 5.41) is 12.5. The number of carbonyl (C=O) groups excluding carboxylic acids is 1. The standard InChI is InChI=1S/C17H25NO2/c1-13(12-14(2)19)18-16(20)17(10-6-7-11-17)15-8-4-3-5-9-15/h3-5,8-9,13-14,19H,6-7,10-12H2,1-2H3,(H,18,20). The monoisotopic (exact) mass is 275 g/mol. The molecule has 0 aliphatic heterocycles. The van der Waals surface area contributed by atoms with Crippen molar-refractivity contribution in [3.05, 3.63) is 35.9 Å². The van der Waals surface area contributed by atoms with Gasteiger partial charge in [-0.15, -0.1) is 0 Å². The number of hydrogen-bond acceptors (Lipinski definition) is 2.